The van der Waals surface area contributed by atoms with Gasteiger partial charge >= 0.3 is 0 Å². The van der Waals surface area contributed by atoms with Gasteiger partial charge in [-0.2, -0.15) is 0 Å². The number of aryl methyl sites for hydroxylation is 1. The molecule has 0 aliphatic carbocycles. The molecule has 6 heteroatoms. The number of sulfonamides is 1. The standard InChI is InChI=1S/C15H22N2O3S/c1-12(2)20-9-10-21(18,19)17-15-11-14(5-4-8-16)7-6-13(15)3/h6-7,11-12,17H,8-10,16H2,1-3H3. The lowest BCUT2D eigenvalue weighted by Gasteiger charge is -2.12. The minimum Gasteiger partial charge on any atom is -0.378 e. The van der Waals surface area contributed by atoms with Crippen LogP contribution >= 0.6 is 0 Å². The average molecular weight is 310 g/mol. The maximum Gasteiger partial charge on any atom is 0.235 e. The average Bonchev–Trinajstić information content (AvgIpc) is 2.38. The molecular weight excluding hydrogens is 288 g/mol. The van der Waals surface area contributed by atoms with Crippen molar-refractivity contribution in [2.24, 2.45) is 5.73 Å². The molecule has 0 aliphatic heterocycles. The second kappa shape index (κ2) is 8.03. The van der Waals surface area contributed by atoms with Crippen molar-refractivity contribution in [3.8, 4) is 11.8 Å². The van der Waals surface area contributed by atoms with Crippen LogP contribution in [0.4, 0.5) is 5.69 Å². The summed E-state index contributed by atoms with van der Waals surface area (Å²) in [6, 6.07) is 5.36. The molecule has 0 radical (unpaired) electrons. The van der Waals surface area contributed by atoms with Gasteiger partial charge in [0.2, 0.25) is 10.0 Å². The highest BCUT2D eigenvalue weighted by atomic mass is 32.2. The Labute approximate surface area is 126 Å². The lowest BCUT2D eigenvalue weighted by molar-refractivity contribution is 0.0913. The quantitative estimate of drug-likeness (QED) is 0.780. The van der Waals surface area contributed by atoms with E-state index in [4.69, 9.17) is 10.5 Å². The number of anilines is 1. The molecule has 0 saturated carbocycles. The van der Waals surface area contributed by atoms with Gasteiger partial charge in [-0.05, 0) is 38.5 Å². The largest absolute Gasteiger partial charge is 0.378 e. The van der Waals surface area contributed by atoms with Crippen molar-refractivity contribution in [3.63, 3.8) is 0 Å². The first-order chi connectivity index (χ1) is 9.84. The summed E-state index contributed by atoms with van der Waals surface area (Å²) in [4.78, 5) is 0. The van der Waals surface area contributed by atoms with E-state index >= 15 is 0 Å². The van der Waals surface area contributed by atoms with Gasteiger partial charge in [0, 0.05) is 5.56 Å². The van der Waals surface area contributed by atoms with Crippen LogP contribution in [0.25, 0.3) is 0 Å². The summed E-state index contributed by atoms with van der Waals surface area (Å²) >= 11 is 0. The van der Waals surface area contributed by atoms with Gasteiger partial charge in [0.25, 0.3) is 0 Å². The zero-order chi connectivity index (χ0) is 15.9. The van der Waals surface area contributed by atoms with Crippen LogP contribution in [0.1, 0.15) is 25.0 Å². The van der Waals surface area contributed by atoms with Gasteiger partial charge in [0.1, 0.15) is 0 Å². The molecule has 1 rings (SSSR count). The highest BCUT2D eigenvalue weighted by molar-refractivity contribution is 7.92. The van der Waals surface area contributed by atoms with E-state index in [0.717, 1.165) is 11.1 Å². The molecule has 0 heterocycles. The molecule has 5 nitrogen and oxygen atoms in total. The lowest BCUT2D eigenvalue weighted by Crippen LogP contribution is -2.22. The van der Waals surface area contributed by atoms with E-state index < -0.39 is 10.0 Å². The summed E-state index contributed by atoms with van der Waals surface area (Å²) in [7, 11) is -3.44. The summed E-state index contributed by atoms with van der Waals surface area (Å²) < 4.78 is 31.9. The van der Waals surface area contributed by atoms with Crippen LogP contribution < -0.4 is 10.5 Å². The fourth-order valence-corrected chi connectivity index (χ4v) is 2.55. The maximum atomic E-state index is 12.0. The molecule has 0 amide bonds. The fraction of sp³-hybridized carbons (Fsp3) is 0.467. The first-order valence-corrected chi connectivity index (χ1v) is 8.41. The Morgan fingerprint density at radius 2 is 2.10 bits per heavy atom. The van der Waals surface area contributed by atoms with Crippen molar-refractivity contribution in [1.82, 2.24) is 0 Å². The van der Waals surface area contributed by atoms with Gasteiger partial charge in [-0.3, -0.25) is 4.72 Å². The number of hydrogen-bond acceptors (Lipinski definition) is 4. The van der Waals surface area contributed by atoms with Crippen LogP contribution in [0.15, 0.2) is 18.2 Å². The maximum absolute atomic E-state index is 12.0. The Kier molecular flexibility index (Phi) is 6.69. The number of ether oxygens (including phenoxy) is 1. The Bertz CT molecular complexity index is 628. The number of rotatable bonds is 6. The molecule has 0 fully saturated rings. The minimum absolute atomic E-state index is 0.0109. The summed E-state index contributed by atoms with van der Waals surface area (Å²) in [5.41, 5.74) is 7.42. The number of benzene rings is 1. The molecule has 0 bridgehead atoms. The van der Waals surface area contributed by atoms with E-state index in [9.17, 15) is 8.42 Å². The third kappa shape index (κ3) is 6.63. The van der Waals surface area contributed by atoms with Crippen LogP contribution in [0.3, 0.4) is 0 Å². The molecule has 21 heavy (non-hydrogen) atoms. The van der Waals surface area contributed by atoms with E-state index in [1.54, 1.807) is 6.07 Å². The third-order valence-electron chi connectivity index (χ3n) is 2.64. The third-order valence-corrected chi connectivity index (χ3v) is 3.88. The SMILES string of the molecule is Cc1ccc(C#CCN)cc1NS(=O)(=O)CCOC(C)C. The summed E-state index contributed by atoms with van der Waals surface area (Å²) in [6.07, 6.45) is 0.0109. The molecule has 3 N–H and O–H groups in total. The smallest absolute Gasteiger partial charge is 0.235 e. The molecule has 116 valence electrons. The van der Waals surface area contributed by atoms with Gasteiger partial charge in [0.15, 0.2) is 0 Å². The zero-order valence-corrected chi connectivity index (χ0v) is 13.5. The second-order valence-corrected chi connectivity index (χ2v) is 6.72. The highest BCUT2D eigenvalue weighted by Gasteiger charge is 2.12. The topological polar surface area (TPSA) is 81.4 Å². The number of hydrogen-bond donors (Lipinski definition) is 2. The molecule has 1 aromatic rings. The molecule has 1 aromatic carbocycles. The van der Waals surface area contributed by atoms with Crippen molar-refractivity contribution in [2.45, 2.75) is 26.9 Å². The summed E-state index contributed by atoms with van der Waals surface area (Å²) in [5.74, 6) is 5.54. The minimum atomic E-state index is -3.44. The zero-order valence-electron chi connectivity index (χ0n) is 12.6. The predicted molar refractivity (Wildman–Crippen MR) is 85.6 cm³/mol. The first-order valence-electron chi connectivity index (χ1n) is 6.76. The molecular formula is C15H22N2O3S. The number of nitrogens with one attached hydrogen (secondary N) is 1. The molecule has 0 aliphatic rings. The summed E-state index contributed by atoms with van der Waals surface area (Å²) in [5, 5.41) is 0. The van der Waals surface area contributed by atoms with Crippen molar-refractivity contribution >= 4 is 15.7 Å². The lowest BCUT2D eigenvalue weighted by atomic mass is 10.1. The first kappa shape index (κ1) is 17.5. The highest BCUT2D eigenvalue weighted by Crippen LogP contribution is 2.18. The molecule has 0 aromatic heterocycles. The van der Waals surface area contributed by atoms with Gasteiger partial charge in [-0.15, -0.1) is 0 Å². The Balaban J connectivity index is 2.81. The fourth-order valence-electron chi connectivity index (χ4n) is 1.57. The van der Waals surface area contributed by atoms with Crippen LogP contribution in [-0.4, -0.2) is 33.4 Å². The van der Waals surface area contributed by atoms with Crippen molar-refractivity contribution in [3.05, 3.63) is 29.3 Å². The second-order valence-electron chi connectivity index (χ2n) is 4.88. The van der Waals surface area contributed by atoms with E-state index in [-0.39, 0.29) is 25.0 Å². The molecule has 0 unspecified atom stereocenters. The van der Waals surface area contributed by atoms with E-state index in [1.807, 2.05) is 32.9 Å². The van der Waals surface area contributed by atoms with Crippen LogP contribution in [-0.2, 0) is 14.8 Å². The van der Waals surface area contributed by atoms with Gasteiger partial charge < -0.3 is 10.5 Å². The van der Waals surface area contributed by atoms with Crippen molar-refractivity contribution in [2.75, 3.05) is 23.6 Å². The van der Waals surface area contributed by atoms with Crippen LogP contribution in [0, 0.1) is 18.8 Å². The van der Waals surface area contributed by atoms with E-state index in [0.29, 0.717) is 5.69 Å². The predicted octanol–water partition coefficient (Wildman–Crippen LogP) is 1.47. The Morgan fingerprint density at radius 3 is 2.71 bits per heavy atom. The molecule has 0 saturated heterocycles. The number of nitrogens with two attached hydrogens (primary N) is 1. The monoisotopic (exact) mass is 310 g/mol. The van der Waals surface area contributed by atoms with Crippen LogP contribution in [0.2, 0.25) is 0 Å². The molecule has 0 spiro atoms. The van der Waals surface area contributed by atoms with E-state index in [1.165, 1.54) is 0 Å². The Hall–Kier alpha value is -1.55. The van der Waals surface area contributed by atoms with Gasteiger partial charge in [0.05, 0.1) is 30.7 Å². The van der Waals surface area contributed by atoms with Gasteiger partial charge in [-0.1, -0.05) is 17.9 Å². The van der Waals surface area contributed by atoms with Crippen molar-refractivity contribution < 1.29 is 13.2 Å². The normalized spacial score (nSPS) is 11.1. The summed E-state index contributed by atoms with van der Waals surface area (Å²) in [6.45, 7) is 6.00. The Morgan fingerprint density at radius 1 is 1.38 bits per heavy atom. The molecule has 0 atom stereocenters. The van der Waals surface area contributed by atoms with E-state index in [2.05, 4.69) is 16.6 Å². The van der Waals surface area contributed by atoms with Gasteiger partial charge in [-0.25, -0.2) is 8.42 Å². The van der Waals surface area contributed by atoms with Crippen LogP contribution in [0.5, 0.6) is 0 Å². The van der Waals surface area contributed by atoms with Crippen molar-refractivity contribution in [1.29, 1.82) is 0 Å².